The second-order valence-corrected chi connectivity index (χ2v) is 4.74. The van der Waals surface area contributed by atoms with Crippen LogP contribution in [0.1, 0.15) is 37.1 Å². The van der Waals surface area contributed by atoms with E-state index in [1.807, 2.05) is 0 Å². The Bertz CT molecular complexity index is 367. The van der Waals surface area contributed by atoms with Crippen LogP contribution in [0.4, 0.5) is 0 Å². The predicted molar refractivity (Wildman–Crippen MR) is 62.8 cm³/mol. The maximum Gasteiger partial charge on any atom is 0.157 e. The molecule has 1 unspecified atom stereocenters. The normalized spacial score (nSPS) is 17.7. The van der Waals surface area contributed by atoms with Gasteiger partial charge in [0.1, 0.15) is 0 Å². The van der Waals surface area contributed by atoms with Gasteiger partial charge in [0.25, 0.3) is 0 Å². The van der Waals surface area contributed by atoms with Gasteiger partial charge in [-0.3, -0.25) is 4.79 Å². The van der Waals surface area contributed by atoms with Crippen LogP contribution in [0, 0.1) is 0 Å². The topological polar surface area (TPSA) is 29.1 Å². The molecule has 0 bridgehead atoms. The summed E-state index contributed by atoms with van der Waals surface area (Å²) in [5.41, 5.74) is 1.10. The van der Waals surface area contributed by atoms with Crippen LogP contribution in [0.2, 0.25) is 0 Å². The maximum absolute atomic E-state index is 11.1. The summed E-state index contributed by atoms with van der Waals surface area (Å²) in [7, 11) is 0. The van der Waals surface area contributed by atoms with Crippen LogP contribution in [-0.2, 0) is 4.79 Å². The van der Waals surface area contributed by atoms with Gasteiger partial charge in [-0.05, 0) is 24.3 Å². The standard InChI is InChI=1S/C12H15NOS/c1-2-11(12-4-3-7-15-12)13-9-5-6-10(14)8-9/h3-4,7-8,11,13H,2,5-6H2,1H3. The van der Waals surface area contributed by atoms with Crippen molar-refractivity contribution in [1.82, 2.24) is 5.32 Å². The molecule has 0 amide bonds. The van der Waals surface area contributed by atoms with E-state index in [1.54, 1.807) is 17.4 Å². The third-order valence-electron chi connectivity index (χ3n) is 2.63. The number of nitrogens with one attached hydrogen (secondary N) is 1. The van der Waals surface area contributed by atoms with Gasteiger partial charge < -0.3 is 5.32 Å². The molecule has 0 aromatic carbocycles. The first-order chi connectivity index (χ1) is 7.29. The highest BCUT2D eigenvalue weighted by Crippen LogP contribution is 2.24. The van der Waals surface area contributed by atoms with Crippen molar-refractivity contribution in [2.24, 2.45) is 0 Å². The largest absolute Gasteiger partial charge is 0.381 e. The number of carbonyl (C=O) groups is 1. The molecule has 3 heteroatoms. The fourth-order valence-electron chi connectivity index (χ4n) is 1.80. The number of thiophene rings is 1. The fourth-order valence-corrected chi connectivity index (χ4v) is 2.66. The molecule has 1 aromatic rings. The maximum atomic E-state index is 11.1. The lowest BCUT2D eigenvalue weighted by atomic mass is 10.2. The Balaban J connectivity index is 2.03. The van der Waals surface area contributed by atoms with Gasteiger partial charge in [0, 0.05) is 23.1 Å². The predicted octanol–water partition coefficient (Wildman–Crippen LogP) is 3.04. The average Bonchev–Trinajstić information content (AvgIpc) is 2.85. The van der Waals surface area contributed by atoms with E-state index in [-0.39, 0.29) is 5.78 Å². The molecule has 0 aliphatic heterocycles. The minimum Gasteiger partial charge on any atom is -0.381 e. The molecule has 1 atom stereocenters. The minimum absolute atomic E-state index is 0.249. The molecular weight excluding hydrogens is 206 g/mol. The zero-order chi connectivity index (χ0) is 10.7. The third-order valence-corrected chi connectivity index (χ3v) is 3.62. The molecule has 15 heavy (non-hydrogen) atoms. The molecule has 0 saturated carbocycles. The lowest BCUT2D eigenvalue weighted by molar-refractivity contribution is -0.114. The smallest absolute Gasteiger partial charge is 0.157 e. The lowest BCUT2D eigenvalue weighted by Gasteiger charge is -2.17. The number of carbonyl (C=O) groups excluding carboxylic acids is 1. The Labute approximate surface area is 94.0 Å². The molecule has 2 nitrogen and oxygen atoms in total. The quantitative estimate of drug-likeness (QED) is 0.846. The van der Waals surface area contributed by atoms with Gasteiger partial charge >= 0.3 is 0 Å². The van der Waals surface area contributed by atoms with E-state index in [9.17, 15) is 4.79 Å². The van der Waals surface area contributed by atoms with Crippen LogP contribution >= 0.6 is 11.3 Å². The molecule has 1 aliphatic rings. The Morgan fingerprint density at radius 1 is 1.53 bits per heavy atom. The molecular formula is C12H15NOS. The summed E-state index contributed by atoms with van der Waals surface area (Å²) < 4.78 is 0. The molecule has 80 valence electrons. The first-order valence-corrected chi connectivity index (χ1v) is 6.21. The van der Waals surface area contributed by atoms with Crippen molar-refractivity contribution in [2.75, 3.05) is 0 Å². The van der Waals surface area contributed by atoms with E-state index in [0.29, 0.717) is 12.5 Å². The van der Waals surface area contributed by atoms with E-state index in [2.05, 4.69) is 29.8 Å². The van der Waals surface area contributed by atoms with Crippen LogP contribution in [-0.4, -0.2) is 5.78 Å². The SMILES string of the molecule is CCC(NC1=CC(=O)CC1)c1cccs1. The van der Waals surface area contributed by atoms with Gasteiger partial charge in [-0.2, -0.15) is 0 Å². The minimum atomic E-state index is 0.249. The second-order valence-electron chi connectivity index (χ2n) is 3.76. The molecule has 1 heterocycles. The number of allylic oxidation sites excluding steroid dienone is 2. The first-order valence-electron chi connectivity index (χ1n) is 5.33. The van der Waals surface area contributed by atoms with Crippen molar-refractivity contribution in [3.8, 4) is 0 Å². The van der Waals surface area contributed by atoms with E-state index in [1.165, 1.54) is 4.88 Å². The summed E-state index contributed by atoms with van der Waals surface area (Å²) in [6.07, 6.45) is 4.34. The summed E-state index contributed by atoms with van der Waals surface area (Å²) in [6.45, 7) is 2.16. The molecule has 1 aromatic heterocycles. The van der Waals surface area contributed by atoms with Crippen molar-refractivity contribution in [1.29, 1.82) is 0 Å². The first kappa shape index (κ1) is 10.4. The number of rotatable bonds is 4. The van der Waals surface area contributed by atoms with Crippen LogP contribution in [0.5, 0.6) is 0 Å². The highest BCUT2D eigenvalue weighted by atomic mass is 32.1. The Morgan fingerprint density at radius 2 is 2.40 bits per heavy atom. The van der Waals surface area contributed by atoms with Gasteiger partial charge in [0.05, 0.1) is 6.04 Å². The monoisotopic (exact) mass is 221 g/mol. The van der Waals surface area contributed by atoms with Crippen molar-refractivity contribution in [3.05, 3.63) is 34.2 Å². The Kier molecular flexibility index (Phi) is 3.21. The summed E-state index contributed by atoms with van der Waals surface area (Å²) >= 11 is 1.77. The average molecular weight is 221 g/mol. The summed E-state index contributed by atoms with van der Waals surface area (Å²) in [5.74, 6) is 0.249. The third kappa shape index (κ3) is 2.48. The Hall–Kier alpha value is -1.09. The van der Waals surface area contributed by atoms with Crippen molar-refractivity contribution >= 4 is 17.1 Å². The van der Waals surface area contributed by atoms with Crippen LogP contribution in [0.3, 0.4) is 0 Å². The zero-order valence-corrected chi connectivity index (χ0v) is 9.64. The van der Waals surface area contributed by atoms with E-state index < -0.39 is 0 Å². The van der Waals surface area contributed by atoms with Gasteiger partial charge in [0.15, 0.2) is 5.78 Å². The molecule has 0 radical (unpaired) electrons. The molecule has 0 spiro atoms. The highest BCUT2D eigenvalue weighted by Gasteiger charge is 2.16. The van der Waals surface area contributed by atoms with Crippen molar-refractivity contribution < 1.29 is 4.79 Å². The molecule has 2 rings (SSSR count). The molecule has 1 aliphatic carbocycles. The number of hydrogen-bond donors (Lipinski definition) is 1. The van der Waals surface area contributed by atoms with E-state index in [0.717, 1.165) is 18.5 Å². The number of hydrogen-bond acceptors (Lipinski definition) is 3. The summed E-state index contributed by atoms with van der Waals surface area (Å²) in [5, 5.41) is 5.54. The molecule has 0 saturated heterocycles. The van der Waals surface area contributed by atoms with Gasteiger partial charge in [-0.1, -0.05) is 13.0 Å². The van der Waals surface area contributed by atoms with E-state index in [4.69, 9.17) is 0 Å². The van der Waals surface area contributed by atoms with Crippen LogP contribution < -0.4 is 5.32 Å². The fraction of sp³-hybridized carbons (Fsp3) is 0.417. The van der Waals surface area contributed by atoms with Crippen molar-refractivity contribution in [2.45, 2.75) is 32.2 Å². The van der Waals surface area contributed by atoms with Gasteiger partial charge in [-0.25, -0.2) is 0 Å². The second kappa shape index (κ2) is 4.62. The molecule has 0 fully saturated rings. The number of ketones is 1. The van der Waals surface area contributed by atoms with Crippen LogP contribution in [0.15, 0.2) is 29.3 Å². The summed E-state index contributed by atoms with van der Waals surface area (Å²) in [6, 6.07) is 4.57. The highest BCUT2D eigenvalue weighted by molar-refractivity contribution is 7.10. The van der Waals surface area contributed by atoms with Gasteiger partial charge in [-0.15, -0.1) is 11.3 Å². The van der Waals surface area contributed by atoms with Crippen molar-refractivity contribution in [3.63, 3.8) is 0 Å². The van der Waals surface area contributed by atoms with E-state index >= 15 is 0 Å². The molecule has 1 N–H and O–H groups in total. The lowest BCUT2D eigenvalue weighted by Crippen LogP contribution is -2.18. The zero-order valence-electron chi connectivity index (χ0n) is 8.82. The van der Waals surface area contributed by atoms with Crippen LogP contribution in [0.25, 0.3) is 0 Å². The Morgan fingerprint density at radius 3 is 2.93 bits per heavy atom. The van der Waals surface area contributed by atoms with Gasteiger partial charge in [0.2, 0.25) is 0 Å². The summed E-state index contributed by atoms with van der Waals surface area (Å²) in [4.78, 5) is 12.4.